The standard InChI is InChI=1S/C22H27N5O3/c1-14(2)22(30)27-12-8-16(9-13-27)25-21(29)18-19(24-11-10-23-18)26-20(28)17-7-5-4-6-15(17)3/h4-7,10-11,14,16H,8-9,12-13H2,1-3H3,(H,25,29)(H,24,26,28). The summed E-state index contributed by atoms with van der Waals surface area (Å²) in [5.41, 5.74) is 1.41. The Morgan fingerprint density at radius 3 is 2.37 bits per heavy atom. The van der Waals surface area contributed by atoms with E-state index in [1.54, 1.807) is 12.1 Å². The number of nitrogens with zero attached hydrogens (tertiary/aromatic N) is 3. The van der Waals surface area contributed by atoms with E-state index in [2.05, 4.69) is 20.6 Å². The molecule has 0 saturated carbocycles. The zero-order valence-corrected chi connectivity index (χ0v) is 17.5. The average Bonchev–Trinajstić information content (AvgIpc) is 2.74. The van der Waals surface area contributed by atoms with Crippen LogP contribution in [0.15, 0.2) is 36.7 Å². The lowest BCUT2D eigenvalue weighted by atomic mass is 10.0. The molecule has 0 radical (unpaired) electrons. The van der Waals surface area contributed by atoms with Gasteiger partial charge in [-0.2, -0.15) is 0 Å². The summed E-state index contributed by atoms with van der Waals surface area (Å²) in [6, 6.07) is 7.13. The molecule has 3 rings (SSSR count). The third kappa shape index (κ3) is 5.00. The summed E-state index contributed by atoms with van der Waals surface area (Å²) in [4.78, 5) is 47.6. The molecule has 1 fully saturated rings. The van der Waals surface area contributed by atoms with Crippen molar-refractivity contribution in [3.8, 4) is 0 Å². The molecule has 0 bridgehead atoms. The third-order valence-corrected chi connectivity index (χ3v) is 5.17. The van der Waals surface area contributed by atoms with Gasteiger partial charge >= 0.3 is 0 Å². The van der Waals surface area contributed by atoms with Gasteiger partial charge in [0.25, 0.3) is 11.8 Å². The third-order valence-electron chi connectivity index (χ3n) is 5.17. The van der Waals surface area contributed by atoms with Crippen LogP contribution in [-0.4, -0.2) is 51.7 Å². The first-order valence-electron chi connectivity index (χ1n) is 10.1. The Bertz CT molecular complexity index is 936. The summed E-state index contributed by atoms with van der Waals surface area (Å²) >= 11 is 0. The van der Waals surface area contributed by atoms with Crippen molar-refractivity contribution in [3.63, 3.8) is 0 Å². The molecule has 3 amide bonds. The molecule has 0 atom stereocenters. The molecule has 30 heavy (non-hydrogen) atoms. The summed E-state index contributed by atoms with van der Waals surface area (Å²) in [7, 11) is 0. The lowest BCUT2D eigenvalue weighted by Gasteiger charge is -2.33. The topological polar surface area (TPSA) is 104 Å². The molecule has 8 nitrogen and oxygen atoms in total. The van der Waals surface area contributed by atoms with Gasteiger partial charge in [-0.1, -0.05) is 32.0 Å². The van der Waals surface area contributed by atoms with Gasteiger partial charge < -0.3 is 15.5 Å². The first kappa shape index (κ1) is 21.4. The Morgan fingerprint density at radius 1 is 1.03 bits per heavy atom. The molecule has 2 heterocycles. The number of aromatic nitrogens is 2. The van der Waals surface area contributed by atoms with Crippen molar-refractivity contribution in [2.45, 2.75) is 39.7 Å². The van der Waals surface area contributed by atoms with E-state index >= 15 is 0 Å². The summed E-state index contributed by atoms with van der Waals surface area (Å²) in [6.07, 6.45) is 4.20. The SMILES string of the molecule is Cc1ccccc1C(=O)Nc1nccnc1C(=O)NC1CCN(C(=O)C(C)C)CC1. The quantitative estimate of drug-likeness (QED) is 0.789. The molecule has 0 aliphatic carbocycles. The monoisotopic (exact) mass is 409 g/mol. The molecule has 1 aromatic heterocycles. The fraction of sp³-hybridized carbons (Fsp3) is 0.409. The Kier molecular flexibility index (Phi) is 6.76. The van der Waals surface area contributed by atoms with Crippen LogP contribution in [0.1, 0.15) is 53.1 Å². The molecule has 1 saturated heterocycles. The number of aryl methyl sites for hydroxylation is 1. The van der Waals surface area contributed by atoms with Crippen LogP contribution in [-0.2, 0) is 4.79 Å². The first-order valence-corrected chi connectivity index (χ1v) is 10.1. The van der Waals surface area contributed by atoms with Gasteiger partial charge in [0.05, 0.1) is 0 Å². The Morgan fingerprint density at radius 2 is 1.70 bits per heavy atom. The van der Waals surface area contributed by atoms with Crippen LogP contribution in [0.2, 0.25) is 0 Å². The number of carbonyl (C=O) groups is 3. The first-order chi connectivity index (χ1) is 14.4. The van der Waals surface area contributed by atoms with Crippen molar-refractivity contribution in [2.24, 2.45) is 5.92 Å². The maximum atomic E-state index is 12.8. The van der Waals surface area contributed by atoms with Crippen LogP contribution < -0.4 is 10.6 Å². The molecule has 1 aliphatic rings. The Balaban J connectivity index is 1.64. The zero-order chi connectivity index (χ0) is 21.7. The maximum Gasteiger partial charge on any atom is 0.273 e. The molecule has 0 spiro atoms. The minimum atomic E-state index is -0.392. The van der Waals surface area contributed by atoms with Crippen LogP contribution in [0.4, 0.5) is 5.82 Å². The Labute approximate surface area is 176 Å². The van der Waals surface area contributed by atoms with Gasteiger partial charge in [0.1, 0.15) is 0 Å². The van der Waals surface area contributed by atoms with Crippen molar-refractivity contribution in [1.82, 2.24) is 20.2 Å². The van der Waals surface area contributed by atoms with Crippen molar-refractivity contribution in [2.75, 3.05) is 18.4 Å². The van der Waals surface area contributed by atoms with Crippen molar-refractivity contribution < 1.29 is 14.4 Å². The van der Waals surface area contributed by atoms with Crippen molar-refractivity contribution >= 4 is 23.5 Å². The van der Waals surface area contributed by atoms with E-state index in [9.17, 15) is 14.4 Å². The molecule has 8 heteroatoms. The number of anilines is 1. The normalized spacial score (nSPS) is 14.5. The minimum Gasteiger partial charge on any atom is -0.348 e. The predicted octanol–water partition coefficient (Wildman–Crippen LogP) is 2.41. The summed E-state index contributed by atoms with van der Waals surface area (Å²) in [5.74, 6) is -0.513. The number of benzene rings is 1. The molecule has 158 valence electrons. The Hall–Kier alpha value is -3.29. The minimum absolute atomic E-state index is 0.0323. The molecule has 2 aromatic rings. The highest BCUT2D eigenvalue weighted by Gasteiger charge is 2.26. The van der Waals surface area contributed by atoms with Crippen LogP contribution in [0.25, 0.3) is 0 Å². The van der Waals surface area contributed by atoms with Crippen LogP contribution in [0.5, 0.6) is 0 Å². The second-order valence-corrected chi connectivity index (χ2v) is 7.75. The van der Waals surface area contributed by atoms with Crippen molar-refractivity contribution in [1.29, 1.82) is 0 Å². The smallest absolute Gasteiger partial charge is 0.273 e. The molecule has 2 N–H and O–H groups in total. The van der Waals surface area contributed by atoms with Crippen LogP contribution in [0.3, 0.4) is 0 Å². The maximum absolute atomic E-state index is 12.8. The molecule has 1 aliphatic heterocycles. The number of hydrogen-bond acceptors (Lipinski definition) is 5. The second-order valence-electron chi connectivity index (χ2n) is 7.75. The number of nitrogens with one attached hydrogen (secondary N) is 2. The fourth-order valence-corrected chi connectivity index (χ4v) is 3.46. The zero-order valence-electron chi connectivity index (χ0n) is 17.5. The van der Waals surface area contributed by atoms with E-state index in [0.717, 1.165) is 5.56 Å². The molecular weight excluding hydrogens is 382 g/mol. The second kappa shape index (κ2) is 9.47. The highest BCUT2D eigenvalue weighted by molar-refractivity contribution is 6.08. The summed E-state index contributed by atoms with van der Waals surface area (Å²) in [6.45, 7) is 6.84. The number of carbonyl (C=O) groups excluding carboxylic acids is 3. The molecule has 0 unspecified atom stereocenters. The number of hydrogen-bond donors (Lipinski definition) is 2. The number of likely N-dealkylation sites (tertiary alicyclic amines) is 1. The molecule has 1 aromatic carbocycles. The largest absolute Gasteiger partial charge is 0.348 e. The van der Waals surface area contributed by atoms with E-state index < -0.39 is 5.91 Å². The lowest BCUT2D eigenvalue weighted by Crippen LogP contribution is -2.47. The summed E-state index contributed by atoms with van der Waals surface area (Å²) in [5, 5.41) is 5.65. The van der Waals surface area contributed by atoms with E-state index in [1.807, 2.05) is 37.8 Å². The average molecular weight is 409 g/mol. The highest BCUT2D eigenvalue weighted by Crippen LogP contribution is 2.16. The van der Waals surface area contributed by atoms with E-state index in [4.69, 9.17) is 0 Å². The number of piperidine rings is 1. The number of rotatable bonds is 5. The summed E-state index contributed by atoms with van der Waals surface area (Å²) < 4.78 is 0. The molecular formula is C22H27N5O3. The lowest BCUT2D eigenvalue weighted by molar-refractivity contribution is -0.135. The van der Waals surface area contributed by atoms with Crippen LogP contribution >= 0.6 is 0 Å². The van der Waals surface area contributed by atoms with Gasteiger partial charge in [-0.15, -0.1) is 0 Å². The van der Waals surface area contributed by atoms with Gasteiger partial charge in [0, 0.05) is 43.0 Å². The fourth-order valence-electron chi connectivity index (χ4n) is 3.46. The van der Waals surface area contributed by atoms with E-state index in [0.29, 0.717) is 31.5 Å². The van der Waals surface area contributed by atoms with Gasteiger partial charge in [-0.05, 0) is 31.4 Å². The highest BCUT2D eigenvalue weighted by atomic mass is 16.2. The van der Waals surface area contributed by atoms with Gasteiger partial charge in [0.15, 0.2) is 11.5 Å². The van der Waals surface area contributed by atoms with Gasteiger partial charge in [0.2, 0.25) is 5.91 Å². The van der Waals surface area contributed by atoms with Gasteiger partial charge in [-0.3, -0.25) is 14.4 Å². The predicted molar refractivity (Wildman–Crippen MR) is 113 cm³/mol. The van der Waals surface area contributed by atoms with E-state index in [1.165, 1.54) is 12.4 Å². The van der Waals surface area contributed by atoms with Crippen molar-refractivity contribution in [3.05, 3.63) is 53.5 Å². The van der Waals surface area contributed by atoms with Crippen LogP contribution in [0, 0.1) is 12.8 Å². The van der Waals surface area contributed by atoms with Gasteiger partial charge in [-0.25, -0.2) is 9.97 Å². The van der Waals surface area contributed by atoms with E-state index in [-0.39, 0.29) is 35.3 Å². The number of amides is 3.